The van der Waals surface area contributed by atoms with Crippen LogP contribution in [-0.4, -0.2) is 34.7 Å². The van der Waals surface area contributed by atoms with Crippen LogP contribution < -0.4 is 15.5 Å². The largest absolute Gasteiger partial charge is 0.418 e. The molecule has 1 saturated carbocycles. The molecule has 0 atom stereocenters. The van der Waals surface area contributed by atoms with E-state index in [9.17, 15) is 31.1 Å². The summed E-state index contributed by atoms with van der Waals surface area (Å²) in [6.45, 7) is 0.448. The number of aromatic nitrogens is 2. The van der Waals surface area contributed by atoms with E-state index in [4.69, 9.17) is 11.6 Å². The van der Waals surface area contributed by atoms with Crippen molar-refractivity contribution in [1.82, 2.24) is 14.9 Å². The zero-order chi connectivity index (χ0) is 28.1. The second-order valence-corrected chi connectivity index (χ2v) is 10.5. The molecule has 1 saturated heterocycles. The van der Waals surface area contributed by atoms with Gasteiger partial charge in [-0.05, 0) is 55.5 Å². The molecular weight excluding hydrogens is 548 g/mol. The van der Waals surface area contributed by atoms with E-state index >= 15 is 0 Å². The molecule has 13 heteroatoms. The Labute approximate surface area is 225 Å². The van der Waals surface area contributed by atoms with Crippen LogP contribution >= 0.6 is 11.6 Å². The number of benzene rings is 2. The van der Waals surface area contributed by atoms with Crippen LogP contribution in [0.15, 0.2) is 30.3 Å². The third-order valence-electron chi connectivity index (χ3n) is 7.30. The molecule has 2 aliphatic rings. The highest BCUT2D eigenvalue weighted by Gasteiger charge is 2.41. The van der Waals surface area contributed by atoms with Gasteiger partial charge in [0.05, 0.1) is 38.9 Å². The third-order valence-corrected chi connectivity index (χ3v) is 7.60. The molecule has 5 rings (SSSR count). The van der Waals surface area contributed by atoms with Crippen LogP contribution in [0.2, 0.25) is 5.02 Å². The Bertz CT molecular complexity index is 1390. The molecule has 2 heterocycles. The van der Waals surface area contributed by atoms with E-state index in [-0.39, 0.29) is 55.9 Å². The van der Waals surface area contributed by atoms with Crippen LogP contribution in [0.5, 0.6) is 0 Å². The number of anilines is 3. The molecule has 1 amide bonds. The fourth-order valence-electron chi connectivity index (χ4n) is 4.86. The second kappa shape index (κ2) is 10.1. The zero-order valence-electron chi connectivity index (χ0n) is 20.9. The molecule has 0 radical (unpaired) electrons. The molecule has 210 valence electrons. The van der Waals surface area contributed by atoms with Gasteiger partial charge in [0.2, 0.25) is 11.9 Å². The number of nitrogens with zero attached hydrogens (tertiary/aromatic N) is 3. The van der Waals surface area contributed by atoms with Gasteiger partial charge < -0.3 is 20.1 Å². The fraction of sp³-hybridized carbons (Fsp3) is 0.462. The second-order valence-electron chi connectivity index (χ2n) is 10.1. The Morgan fingerprint density at radius 1 is 1.05 bits per heavy atom. The molecule has 3 aromatic rings. The minimum atomic E-state index is -4.64. The van der Waals surface area contributed by atoms with Crippen LogP contribution in [-0.2, 0) is 24.6 Å². The average molecular weight is 574 g/mol. The first-order valence-corrected chi connectivity index (χ1v) is 12.9. The van der Waals surface area contributed by atoms with E-state index in [1.165, 1.54) is 12.1 Å². The first kappa shape index (κ1) is 27.4. The molecule has 2 N–H and O–H groups in total. The molecule has 39 heavy (non-hydrogen) atoms. The number of alkyl halides is 6. The van der Waals surface area contributed by atoms with Crippen molar-refractivity contribution in [3.8, 4) is 0 Å². The summed E-state index contributed by atoms with van der Waals surface area (Å²) in [6.07, 6.45) is -7.34. The van der Waals surface area contributed by atoms with Gasteiger partial charge in [0.15, 0.2) is 0 Å². The van der Waals surface area contributed by atoms with Crippen molar-refractivity contribution in [2.75, 3.05) is 23.3 Å². The summed E-state index contributed by atoms with van der Waals surface area (Å²) < 4.78 is 82.2. The highest BCUT2D eigenvalue weighted by molar-refractivity contribution is 6.34. The lowest BCUT2D eigenvalue weighted by atomic mass is 9.96. The van der Waals surface area contributed by atoms with Crippen molar-refractivity contribution >= 4 is 45.9 Å². The number of carbonyl (C=O) groups is 1. The fourth-order valence-corrected chi connectivity index (χ4v) is 5.13. The van der Waals surface area contributed by atoms with Gasteiger partial charge in [-0.2, -0.15) is 26.3 Å². The summed E-state index contributed by atoms with van der Waals surface area (Å²) in [7, 11) is 1.62. The Morgan fingerprint density at radius 3 is 2.36 bits per heavy atom. The highest BCUT2D eigenvalue weighted by atomic mass is 35.5. The van der Waals surface area contributed by atoms with E-state index in [2.05, 4.69) is 15.6 Å². The number of piperidine rings is 1. The van der Waals surface area contributed by atoms with E-state index in [1.54, 1.807) is 28.6 Å². The van der Waals surface area contributed by atoms with Gasteiger partial charge in [0.1, 0.15) is 0 Å². The van der Waals surface area contributed by atoms with E-state index < -0.39 is 23.8 Å². The number of rotatable bonds is 6. The molecule has 1 aliphatic carbocycles. The average Bonchev–Trinajstić information content (AvgIpc) is 3.67. The summed E-state index contributed by atoms with van der Waals surface area (Å²) in [5.41, 5.74) is 0.892. The third kappa shape index (κ3) is 5.90. The van der Waals surface area contributed by atoms with Crippen molar-refractivity contribution in [3.63, 3.8) is 0 Å². The van der Waals surface area contributed by atoms with Gasteiger partial charge in [-0.3, -0.25) is 4.79 Å². The maximum Gasteiger partial charge on any atom is 0.418 e. The predicted octanol–water partition coefficient (Wildman–Crippen LogP) is 6.79. The van der Waals surface area contributed by atoms with Gasteiger partial charge in [0.25, 0.3) is 0 Å². The minimum Gasteiger partial charge on any atom is -0.370 e. The summed E-state index contributed by atoms with van der Waals surface area (Å²) in [6, 6.07) is 6.87. The number of halogens is 7. The van der Waals surface area contributed by atoms with Crippen LogP contribution in [0.3, 0.4) is 0 Å². The van der Waals surface area contributed by atoms with Crippen molar-refractivity contribution in [2.24, 2.45) is 18.9 Å². The monoisotopic (exact) mass is 573 g/mol. The molecule has 6 nitrogen and oxygen atoms in total. The zero-order valence-corrected chi connectivity index (χ0v) is 21.6. The van der Waals surface area contributed by atoms with Crippen molar-refractivity contribution in [2.45, 2.75) is 44.6 Å². The Morgan fingerprint density at radius 2 is 1.74 bits per heavy atom. The molecule has 0 bridgehead atoms. The van der Waals surface area contributed by atoms with Crippen LogP contribution in [0.25, 0.3) is 11.0 Å². The van der Waals surface area contributed by atoms with Gasteiger partial charge in [-0.25, -0.2) is 4.98 Å². The lowest BCUT2D eigenvalue weighted by Gasteiger charge is -2.34. The molecule has 0 unspecified atom stereocenters. The number of hydrogen-bond donors (Lipinski definition) is 2. The van der Waals surface area contributed by atoms with Crippen molar-refractivity contribution in [1.29, 1.82) is 0 Å². The predicted molar refractivity (Wildman–Crippen MR) is 136 cm³/mol. The molecule has 2 fully saturated rings. The van der Waals surface area contributed by atoms with Crippen molar-refractivity contribution in [3.05, 3.63) is 46.5 Å². The molecule has 1 aromatic heterocycles. The number of carbonyl (C=O) groups excluding carboxylic acids is 1. The summed E-state index contributed by atoms with van der Waals surface area (Å²) in [4.78, 5) is 18.2. The highest BCUT2D eigenvalue weighted by Crippen LogP contribution is 2.40. The lowest BCUT2D eigenvalue weighted by Crippen LogP contribution is -2.39. The van der Waals surface area contributed by atoms with Gasteiger partial charge in [0, 0.05) is 32.6 Å². The number of imidazole rings is 1. The van der Waals surface area contributed by atoms with E-state index in [1.807, 2.05) is 0 Å². The van der Waals surface area contributed by atoms with Gasteiger partial charge in [-0.15, -0.1) is 0 Å². The number of aryl methyl sites for hydroxylation is 1. The quantitative estimate of drug-likeness (QED) is 0.319. The molecular formula is C26H26ClF6N5O. The first-order valence-electron chi connectivity index (χ1n) is 12.5. The van der Waals surface area contributed by atoms with Crippen LogP contribution in [0.4, 0.5) is 43.7 Å². The van der Waals surface area contributed by atoms with Crippen LogP contribution in [0, 0.1) is 11.8 Å². The standard InChI is InChI=1S/C26H26ClF6N5O/c1-37-22-12-21(38-8-6-16(7-9-38)25(28,29)30)18(27)11-20(22)36-24(37)35-19-10-14(2-5-17(19)26(31,32)33)13-34-23(39)15-3-4-15/h2,5,10-12,15-16H,3-4,6-9,13H2,1H3,(H,34,39)(H,35,36). The van der Waals surface area contributed by atoms with Crippen molar-refractivity contribution < 1.29 is 31.1 Å². The van der Waals surface area contributed by atoms with Gasteiger partial charge >= 0.3 is 12.4 Å². The lowest BCUT2D eigenvalue weighted by molar-refractivity contribution is -0.179. The Balaban J connectivity index is 1.41. The number of amides is 1. The van der Waals surface area contributed by atoms with Gasteiger partial charge in [-0.1, -0.05) is 17.7 Å². The molecule has 0 spiro atoms. The first-order chi connectivity index (χ1) is 18.3. The maximum atomic E-state index is 13.8. The molecule has 2 aromatic carbocycles. The Kier molecular flexibility index (Phi) is 7.11. The maximum absolute atomic E-state index is 13.8. The summed E-state index contributed by atoms with van der Waals surface area (Å²) >= 11 is 6.46. The molecule has 1 aliphatic heterocycles. The number of fused-ring (bicyclic) bond motifs is 1. The summed E-state index contributed by atoms with van der Waals surface area (Å²) in [5.74, 6) is -1.37. The SMILES string of the molecule is Cn1c(Nc2cc(CNC(=O)C3CC3)ccc2C(F)(F)F)nc2cc(Cl)c(N3CCC(C(F)(F)F)CC3)cc21. The Hall–Kier alpha value is -3.15. The smallest absolute Gasteiger partial charge is 0.370 e. The normalized spacial score (nSPS) is 17.1. The van der Waals surface area contributed by atoms with E-state index in [0.29, 0.717) is 27.3 Å². The number of hydrogen-bond acceptors (Lipinski definition) is 4. The van der Waals surface area contributed by atoms with Crippen LogP contribution in [0.1, 0.15) is 36.8 Å². The minimum absolute atomic E-state index is 0.0234. The topological polar surface area (TPSA) is 62.2 Å². The number of nitrogens with one attached hydrogen (secondary N) is 2. The van der Waals surface area contributed by atoms with E-state index in [0.717, 1.165) is 18.9 Å². The summed E-state index contributed by atoms with van der Waals surface area (Å²) in [5, 5.41) is 5.82.